The molecular weight excluding hydrogens is 290 g/mol. The van der Waals surface area contributed by atoms with E-state index in [4.69, 9.17) is 10.5 Å². The maximum absolute atomic E-state index is 6.07. The lowest BCUT2D eigenvalue weighted by atomic mass is 10.1. The Morgan fingerprint density at radius 2 is 2.09 bits per heavy atom. The van der Waals surface area contributed by atoms with Crippen molar-refractivity contribution in [2.24, 2.45) is 10.7 Å². The number of morpholine rings is 1. The first-order valence-corrected chi connectivity index (χ1v) is 7.90. The van der Waals surface area contributed by atoms with E-state index in [0.717, 1.165) is 44.2 Å². The van der Waals surface area contributed by atoms with Crippen molar-refractivity contribution in [1.29, 1.82) is 0 Å². The summed E-state index contributed by atoms with van der Waals surface area (Å²) in [4.78, 5) is 10.8. The summed E-state index contributed by atoms with van der Waals surface area (Å²) in [5.41, 5.74) is 8.47. The van der Waals surface area contributed by atoms with Gasteiger partial charge in [0.05, 0.1) is 19.8 Å². The van der Waals surface area contributed by atoms with Gasteiger partial charge in [-0.2, -0.15) is 0 Å². The van der Waals surface area contributed by atoms with Crippen LogP contribution in [0.1, 0.15) is 17.0 Å². The van der Waals surface area contributed by atoms with E-state index in [1.807, 2.05) is 19.3 Å². The fourth-order valence-electron chi connectivity index (χ4n) is 2.66. The molecule has 1 saturated heterocycles. The summed E-state index contributed by atoms with van der Waals surface area (Å²) in [6, 6.07) is 8.45. The molecule has 0 atom stereocenters. The molecule has 3 rings (SSSR count). The molecule has 0 saturated carbocycles. The second-order valence-corrected chi connectivity index (χ2v) is 5.70. The van der Waals surface area contributed by atoms with Gasteiger partial charge in [-0.25, -0.2) is 9.98 Å². The maximum Gasteiger partial charge on any atom is 0.191 e. The highest BCUT2D eigenvalue weighted by atomic mass is 16.5. The van der Waals surface area contributed by atoms with Gasteiger partial charge in [0, 0.05) is 32.0 Å². The number of imidazole rings is 1. The smallest absolute Gasteiger partial charge is 0.191 e. The molecule has 0 aliphatic carbocycles. The normalized spacial score (nSPS) is 15.9. The van der Waals surface area contributed by atoms with Crippen molar-refractivity contribution in [3.05, 3.63) is 53.6 Å². The number of nitrogens with two attached hydrogens (primary N) is 1. The molecule has 23 heavy (non-hydrogen) atoms. The van der Waals surface area contributed by atoms with Gasteiger partial charge in [0.1, 0.15) is 5.82 Å². The fraction of sp³-hybridized carbons (Fsp3) is 0.412. The molecule has 2 aromatic rings. The molecule has 122 valence electrons. The Kier molecular flexibility index (Phi) is 4.92. The number of benzene rings is 1. The molecule has 1 aliphatic heterocycles. The van der Waals surface area contributed by atoms with Crippen molar-refractivity contribution in [3.63, 3.8) is 0 Å². The summed E-state index contributed by atoms with van der Waals surface area (Å²) < 4.78 is 7.46. The molecule has 1 aliphatic rings. The van der Waals surface area contributed by atoms with E-state index in [1.54, 1.807) is 0 Å². The van der Waals surface area contributed by atoms with E-state index < -0.39 is 0 Å². The molecule has 2 heterocycles. The van der Waals surface area contributed by atoms with E-state index in [9.17, 15) is 0 Å². The lowest BCUT2D eigenvalue weighted by Crippen LogP contribution is -2.44. The summed E-state index contributed by atoms with van der Waals surface area (Å²) >= 11 is 0. The lowest BCUT2D eigenvalue weighted by molar-refractivity contribution is 0.0674. The van der Waals surface area contributed by atoms with Gasteiger partial charge in [-0.1, -0.05) is 24.3 Å². The monoisotopic (exact) mass is 313 g/mol. The molecular formula is C17H23N5O. The minimum Gasteiger partial charge on any atom is -0.378 e. The van der Waals surface area contributed by atoms with Crippen LogP contribution in [0.25, 0.3) is 0 Å². The van der Waals surface area contributed by atoms with Crippen molar-refractivity contribution in [3.8, 4) is 0 Å². The number of hydrogen-bond acceptors (Lipinski definition) is 3. The molecule has 1 aromatic heterocycles. The molecule has 0 spiro atoms. The van der Waals surface area contributed by atoms with Crippen molar-refractivity contribution >= 4 is 5.96 Å². The molecule has 2 N–H and O–H groups in total. The topological polar surface area (TPSA) is 68.7 Å². The third kappa shape index (κ3) is 4.10. The van der Waals surface area contributed by atoms with Gasteiger partial charge < -0.3 is 19.9 Å². The summed E-state index contributed by atoms with van der Waals surface area (Å²) in [5, 5.41) is 0. The maximum atomic E-state index is 6.07. The largest absolute Gasteiger partial charge is 0.378 e. The van der Waals surface area contributed by atoms with E-state index >= 15 is 0 Å². The zero-order valence-electron chi connectivity index (χ0n) is 13.5. The third-order valence-electron chi connectivity index (χ3n) is 4.03. The molecule has 6 heteroatoms. The number of hydrogen-bond donors (Lipinski definition) is 1. The Bertz CT molecular complexity index is 673. The predicted octanol–water partition coefficient (Wildman–Crippen LogP) is 1.39. The Morgan fingerprint density at radius 3 is 2.83 bits per heavy atom. The number of nitrogens with zero attached hydrogens (tertiary/aromatic N) is 4. The van der Waals surface area contributed by atoms with Crippen molar-refractivity contribution in [2.75, 3.05) is 26.3 Å². The minimum absolute atomic E-state index is 0.597. The van der Waals surface area contributed by atoms with Crippen LogP contribution in [-0.2, 0) is 17.8 Å². The molecule has 0 amide bonds. The zero-order chi connectivity index (χ0) is 16.1. The van der Waals surface area contributed by atoms with Crippen LogP contribution in [0.4, 0.5) is 0 Å². The van der Waals surface area contributed by atoms with Crippen LogP contribution >= 0.6 is 0 Å². The average molecular weight is 313 g/mol. The molecule has 6 nitrogen and oxygen atoms in total. The van der Waals surface area contributed by atoms with Crippen LogP contribution in [0.2, 0.25) is 0 Å². The van der Waals surface area contributed by atoms with Crippen molar-refractivity contribution in [1.82, 2.24) is 14.5 Å². The Hall–Kier alpha value is -2.34. The van der Waals surface area contributed by atoms with Gasteiger partial charge in [-0.05, 0) is 18.1 Å². The van der Waals surface area contributed by atoms with Gasteiger partial charge in [-0.15, -0.1) is 0 Å². The number of rotatable bonds is 4. The van der Waals surface area contributed by atoms with Crippen molar-refractivity contribution < 1.29 is 4.74 Å². The number of aromatic nitrogens is 2. The van der Waals surface area contributed by atoms with E-state index in [0.29, 0.717) is 12.5 Å². The molecule has 1 aromatic carbocycles. The molecule has 1 fully saturated rings. The standard InChI is InChI=1S/C17H23N5O/c1-14-19-5-6-22(14)13-16-4-2-3-15(11-16)12-20-17(18)21-7-9-23-10-8-21/h2-6,11H,7-10,12-13H2,1H3,(H2,18,20). The highest BCUT2D eigenvalue weighted by Gasteiger charge is 2.11. The first-order chi connectivity index (χ1) is 11.2. The minimum atomic E-state index is 0.597. The zero-order valence-corrected chi connectivity index (χ0v) is 13.5. The number of ether oxygens (including phenoxy) is 1. The molecule has 0 radical (unpaired) electrons. The first kappa shape index (κ1) is 15.6. The average Bonchev–Trinajstić information content (AvgIpc) is 2.99. The summed E-state index contributed by atoms with van der Waals surface area (Å²) in [6.45, 7) is 6.50. The van der Waals surface area contributed by atoms with Gasteiger partial charge in [0.2, 0.25) is 0 Å². The Labute approximate surface area is 136 Å². The summed E-state index contributed by atoms with van der Waals surface area (Å²) in [5.74, 6) is 1.62. The first-order valence-electron chi connectivity index (χ1n) is 7.90. The summed E-state index contributed by atoms with van der Waals surface area (Å²) in [7, 11) is 0. The van der Waals surface area contributed by atoms with Crippen LogP contribution in [0.5, 0.6) is 0 Å². The van der Waals surface area contributed by atoms with Crippen LogP contribution in [-0.4, -0.2) is 46.7 Å². The second kappa shape index (κ2) is 7.28. The summed E-state index contributed by atoms with van der Waals surface area (Å²) in [6.07, 6.45) is 3.82. The second-order valence-electron chi connectivity index (χ2n) is 5.70. The molecule has 0 bridgehead atoms. The number of guanidine groups is 1. The number of aliphatic imine (C=N–C) groups is 1. The van der Waals surface area contributed by atoms with Gasteiger partial charge in [-0.3, -0.25) is 0 Å². The van der Waals surface area contributed by atoms with Crippen molar-refractivity contribution in [2.45, 2.75) is 20.0 Å². The Balaban J connectivity index is 1.64. The van der Waals surface area contributed by atoms with Crippen LogP contribution < -0.4 is 5.73 Å². The number of aryl methyl sites for hydroxylation is 1. The van der Waals surface area contributed by atoms with Gasteiger partial charge in [0.25, 0.3) is 0 Å². The highest BCUT2D eigenvalue weighted by molar-refractivity contribution is 5.78. The fourth-order valence-corrected chi connectivity index (χ4v) is 2.66. The van der Waals surface area contributed by atoms with Crippen LogP contribution in [0.15, 0.2) is 41.7 Å². The van der Waals surface area contributed by atoms with E-state index in [2.05, 4.69) is 43.7 Å². The highest BCUT2D eigenvalue weighted by Crippen LogP contribution is 2.10. The van der Waals surface area contributed by atoms with Gasteiger partial charge >= 0.3 is 0 Å². The van der Waals surface area contributed by atoms with Crippen LogP contribution in [0, 0.1) is 6.92 Å². The molecule has 0 unspecified atom stereocenters. The van der Waals surface area contributed by atoms with E-state index in [1.165, 1.54) is 5.56 Å². The van der Waals surface area contributed by atoms with E-state index in [-0.39, 0.29) is 0 Å². The van der Waals surface area contributed by atoms with Gasteiger partial charge in [0.15, 0.2) is 5.96 Å². The lowest BCUT2D eigenvalue weighted by Gasteiger charge is -2.27. The van der Waals surface area contributed by atoms with Crippen LogP contribution in [0.3, 0.4) is 0 Å². The third-order valence-corrected chi connectivity index (χ3v) is 4.03. The predicted molar refractivity (Wildman–Crippen MR) is 90.2 cm³/mol. The Morgan fingerprint density at radius 1 is 1.30 bits per heavy atom. The SMILES string of the molecule is Cc1nccn1Cc1cccc(CN=C(N)N2CCOCC2)c1. The quantitative estimate of drug-likeness (QED) is 0.684.